The van der Waals surface area contributed by atoms with Crippen LogP contribution in [0.15, 0.2) is 23.6 Å². The number of nitriles is 1. The van der Waals surface area contributed by atoms with Crippen molar-refractivity contribution in [1.82, 2.24) is 4.98 Å². The molecule has 1 aromatic carbocycles. The van der Waals surface area contributed by atoms with Crippen LogP contribution in [0.2, 0.25) is 0 Å². The molecule has 0 saturated carbocycles. The molecular formula is C13H11FN2S. The third kappa shape index (κ3) is 2.69. The molecule has 0 aliphatic heterocycles. The maximum absolute atomic E-state index is 13.7. The van der Waals surface area contributed by atoms with Crippen LogP contribution in [-0.4, -0.2) is 4.98 Å². The second-order valence-corrected chi connectivity index (χ2v) is 4.64. The Morgan fingerprint density at radius 1 is 1.47 bits per heavy atom. The Labute approximate surface area is 103 Å². The summed E-state index contributed by atoms with van der Waals surface area (Å²) in [5.74, 6) is -0.244. The molecule has 0 radical (unpaired) electrons. The third-order valence-corrected chi connectivity index (χ3v) is 3.32. The van der Waals surface area contributed by atoms with E-state index in [0.29, 0.717) is 23.4 Å². The van der Waals surface area contributed by atoms with Crippen LogP contribution in [0.1, 0.15) is 17.7 Å². The van der Waals surface area contributed by atoms with Crippen LogP contribution in [0.4, 0.5) is 4.39 Å². The number of aromatic nitrogens is 1. The van der Waals surface area contributed by atoms with E-state index in [4.69, 9.17) is 5.26 Å². The van der Waals surface area contributed by atoms with Crippen molar-refractivity contribution in [2.75, 3.05) is 0 Å². The second-order valence-electron chi connectivity index (χ2n) is 3.79. The first kappa shape index (κ1) is 11.7. The van der Waals surface area contributed by atoms with Gasteiger partial charge in [0.15, 0.2) is 0 Å². The van der Waals surface area contributed by atoms with E-state index in [9.17, 15) is 4.39 Å². The van der Waals surface area contributed by atoms with Gasteiger partial charge in [0, 0.05) is 23.8 Å². The third-order valence-electron chi connectivity index (χ3n) is 2.40. The number of nitrogens with zero attached hydrogens (tertiary/aromatic N) is 2. The van der Waals surface area contributed by atoms with Gasteiger partial charge in [0.2, 0.25) is 0 Å². The predicted molar refractivity (Wildman–Crippen MR) is 66.2 cm³/mol. The molecule has 1 aromatic heterocycles. The van der Waals surface area contributed by atoms with Crippen molar-refractivity contribution < 1.29 is 4.39 Å². The molecular weight excluding hydrogens is 235 g/mol. The van der Waals surface area contributed by atoms with E-state index < -0.39 is 0 Å². The minimum atomic E-state index is -0.244. The van der Waals surface area contributed by atoms with Crippen LogP contribution in [-0.2, 0) is 6.42 Å². The zero-order valence-electron chi connectivity index (χ0n) is 9.40. The Morgan fingerprint density at radius 2 is 2.29 bits per heavy atom. The van der Waals surface area contributed by atoms with E-state index in [1.165, 1.54) is 17.4 Å². The highest BCUT2D eigenvalue weighted by Gasteiger charge is 2.09. The molecule has 0 spiro atoms. The van der Waals surface area contributed by atoms with E-state index in [2.05, 4.69) is 11.1 Å². The zero-order valence-corrected chi connectivity index (χ0v) is 10.2. The number of hydrogen-bond donors (Lipinski definition) is 0. The second kappa shape index (κ2) is 5.07. The molecule has 0 bridgehead atoms. The van der Waals surface area contributed by atoms with Crippen molar-refractivity contribution in [1.29, 1.82) is 5.26 Å². The first-order valence-corrected chi connectivity index (χ1v) is 6.16. The molecule has 0 aliphatic rings. The lowest BCUT2D eigenvalue weighted by Crippen LogP contribution is -1.87. The molecule has 0 fully saturated rings. The molecule has 2 aromatic rings. The summed E-state index contributed by atoms with van der Waals surface area (Å²) in [6.45, 7) is 1.85. The fraction of sp³-hybridized carbons (Fsp3) is 0.231. The normalized spacial score (nSPS) is 10.2. The Hall–Kier alpha value is -1.73. The van der Waals surface area contributed by atoms with Crippen molar-refractivity contribution in [3.63, 3.8) is 0 Å². The lowest BCUT2D eigenvalue weighted by molar-refractivity contribution is 0.630. The van der Waals surface area contributed by atoms with Crippen LogP contribution in [0, 0.1) is 24.1 Å². The lowest BCUT2D eigenvalue weighted by atomic mass is 10.1. The Morgan fingerprint density at radius 3 is 3.00 bits per heavy atom. The summed E-state index contributed by atoms with van der Waals surface area (Å²) in [7, 11) is 0. The van der Waals surface area contributed by atoms with Gasteiger partial charge in [-0.05, 0) is 24.6 Å². The van der Waals surface area contributed by atoms with Crippen LogP contribution in [0.25, 0.3) is 10.6 Å². The summed E-state index contributed by atoms with van der Waals surface area (Å²) in [6.07, 6.45) is 1.07. The first-order valence-electron chi connectivity index (χ1n) is 5.28. The highest BCUT2D eigenvalue weighted by molar-refractivity contribution is 7.13. The average molecular weight is 246 g/mol. The van der Waals surface area contributed by atoms with Gasteiger partial charge in [0.1, 0.15) is 10.8 Å². The standard InChI is InChI=1S/C13H11FN2S/c1-9-4-5-11(12(14)7-9)13-16-10(8-17-13)3-2-6-15/h4-5,7-8H,2-3H2,1H3. The highest BCUT2D eigenvalue weighted by atomic mass is 32.1. The van der Waals surface area contributed by atoms with E-state index >= 15 is 0 Å². The van der Waals surface area contributed by atoms with Crippen LogP contribution >= 0.6 is 11.3 Å². The van der Waals surface area contributed by atoms with Gasteiger partial charge < -0.3 is 0 Å². The van der Waals surface area contributed by atoms with Gasteiger partial charge in [0.25, 0.3) is 0 Å². The number of benzene rings is 1. The topological polar surface area (TPSA) is 36.7 Å². The van der Waals surface area contributed by atoms with Crippen LogP contribution in [0.3, 0.4) is 0 Å². The van der Waals surface area contributed by atoms with Gasteiger partial charge in [-0.25, -0.2) is 9.37 Å². The minimum absolute atomic E-state index is 0.244. The molecule has 0 N–H and O–H groups in total. The van der Waals surface area contributed by atoms with Gasteiger partial charge >= 0.3 is 0 Å². The van der Waals surface area contributed by atoms with Crippen molar-refractivity contribution in [2.45, 2.75) is 19.8 Å². The average Bonchev–Trinajstić information content (AvgIpc) is 2.75. The van der Waals surface area contributed by atoms with Crippen molar-refractivity contribution >= 4 is 11.3 Å². The van der Waals surface area contributed by atoms with Gasteiger partial charge in [-0.15, -0.1) is 11.3 Å². The van der Waals surface area contributed by atoms with Gasteiger partial charge in [-0.3, -0.25) is 0 Å². The molecule has 1 heterocycles. The number of thiazole rings is 1. The van der Waals surface area contributed by atoms with Gasteiger partial charge in [-0.1, -0.05) is 6.07 Å². The van der Waals surface area contributed by atoms with Crippen molar-refractivity contribution in [2.24, 2.45) is 0 Å². The summed E-state index contributed by atoms with van der Waals surface area (Å²) in [4.78, 5) is 4.34. The summed E-state index contributed by atoms with van der Waals surface area (Å²) in [5.41, 5.74) is 2.28. The van der Waals surface area contributed by atoms with E-state index in [-0.39, 0.29) is 5.82 Å². The molecule has 0 aliphatic carbocycles. The van der Waals surface area contributed by atoms with Crippen molar-refractivity contribution in [3.8, 4) is 16.6 Å². The molecule has 0 unspecified atom stereocenters. The molecule has 86 valence electrons. The Kier molecular flexibility index (Phi) is 3.50. The molecule has 4 heteroatoms. The Balaban J connectivity index is 2.28. The monoisotopic (exact) mass is 246 g/mol. The highest BCUT2D eigenvalue weighted by Crippen LogP contribution is 2.27. The maximum atomic E-state index is 13.7. The van der Waals surface area contributed by atoms with Gasteiger partial charge in [-0.2, -0.15) is 5.26 Å². The molecule has 0 amide bonds. The predicted octanol–water partition coefficient (Wildman–Crippen LogP) is 3.71. The number of halogens is 1. The Bertz CT molecular complexity index is 569. The largest absolute Gasteiger partial charge is 0.241 e. The SMILES string of the molecule is Cc1ccc(-c2nc(CCC#N)cs2)c(F)c1. The summed E-state index contributed by atoms with van der Waals surface area (Å²) < 4.78 is 13.7. The molecule has 17 heavy (non-hydrogen) atoms. The number of rotatable bonds is 3. The molecule has 2 nitrogen and oxygen atoms in total. The summed E-state index contributed by atoms with van der Waals surface area (Å²) in [6, 6.07) is 7.20. The van der Waals surface area contributed by atoms with E-state index in [0.717, 1.165) is 11.3 Å². The summed E-state index contributed by atoms with van der Waals surface area (Å²) in [5, 5.41) is 11.0. The summed E-state index contributed by atoms with van der Waals surface area (Å²) >= 11 is 1.41. The van der Waals surface area contributed by atoms with Crippen LogP contribution in [0.5, 0.6) is 0 Å². The first-order chi connectivity index (χ1) is 8.20. The molecule has 2 rings (SSSR count). The van der Waals surface area contributed by atoms with E-state index in [1.54, 1.807) is 6.07 Å². The smallest absolute Gasteiger partial charge is 0.133 e. The van der Waals surface area contributed by atoms with Gasteiger partial charge in [0.05, 0.1) is 11.8 Å². The fourth-order valence-electron chi connectivity index (χ4n) is 1.52. The van der Waals surface area contributed by atoms with Crippen molar-refractivity contribution in [3.05, 3.63) is 40.7 Å². The quantitative estimate of drug-likeness (QED) is 0.827. The minimum Gasteiger partial charge on any atom is -0.241 e. The maximum Gasteiger partial charge on any atom is 0.133 e. The van der Waals surface area contributed by atoms with E-state index in [1.807, 2.05) is 18.4 Å². The van der Waals surface area contributed by atoms with Crippen LogP contribution < -0.4 is 0 Å². The lowest BCUT2D eigenvalue weighted by Gasteiger charge is -1.99. The zero-order chi connectivity index (χ0) is 12.3. The molecule has 0 atom stereocenters. The fourth-order valence-corrected chi connectivity index (χ4v) is 2.40. The number of hydrogen-bond acceptors (Lipinski definition) is 3. The number of aryl methyl sites for hydroxylation is 2. The molecule has 0 saturated heterocycles.